The standard InChI is InChI=1S/C16H20N6O/c1-10(7-12-8-11(2)21-22-12)17-9-15(23)20-16-18-13-5-3-4-6-14(13)19-16/h3-6,8,10,17H,7,9H2,1-2H3,(H,21,22)(H2,18,19,20,23). The number of aromatic amines is 2. The Labute approximate surface area is 133 Å². The Kier molecular flexibility index (Phi) is 4.38. The topological polar surface area (TPSA) is 98.5 Å². The van der Waals surface area contributed by atoms with Gasteiger partial charge in [0.05, 0.1) is 23.3 Å². The first kappa shape index (κ1) is 15.2. The molecule has 23 heavy (non-hydrogen) atoms. The number of nitrogens with zero attached hydrogens (tertiary/aromatic N) is 2. The zero-order valence-electron chi connectivity index (χ0n) is 13.2. The monoisotopic (exact) mass is 312 g/mol. The molecule has 3 aromatic rings. The zero-order chi connectivity index (χ0) is 16.2. The molecule has 0 spiro atoms. The molecule has 0 aliphatic rings. The molecule has 4 N–H and O–H groups in total. The normalized spacial score (nSPS) is 12.4. The Bertz CT molecular complexity index is 773. The van der Waals surface area contributed by atoms with Crippen molar-refractivity contribution in [1.29, 1.82) is 0 Å². The molecular weight excluding hydrogens is 292 g/mol. The van der Waals surface area contributed by atoms with E-state index in [9.17, 15) is 4.79 Å². The Morgan fingerprint density at radius 1 is 1.35 bits per heavy atom. The van der Waals surface area contributed by atoms with Gasteiger partial charge in [-0.15, -0.1) is 0 Å². The summed E-state index contributed by atoms with van der Waals surface area (Å²) in [5.74, 6) is 0.336. The number of aryl methyl sites for hydroxylation is 1. The minimum Gasteiger partial charge on any atom is -0.324 e. The highest BCUT2D eigenvalue weighted by Gasteiger charge is 2.10. The fourth-order valence-corrected chi connectivity index (χ4v) is 2.42. The number of amides is 1. The largest absolute Gasteiger partial charge is 0.324 e. The van der Waals surface area contributed by atoms with E-state index < -0.39 is 0 Å². The Morgan fingerprint density at radius 2 is 2.17 bits per heavy atom. The van der Waals surface area contributed by atoms with Gasteiger partial charge < -0.3 is 10.3 Å². The number of imidazole rings is 1. The van der Waals surface area contributed by atoms with Gasteiger partial charge in [-0.3, -0.25) is 15.2 Å². The summed E-state index contributed by atoms with van der Waals surface area (Å²) in [7, 11) is 0. The van der Waals surface area contributed by atoms with Gasteiger partial charge in [-0.25, -0.2) is 4.98 Å². The number of carbonyl (C=O) groups is 1. The summed E-state index contributed by atoms with van der Waals surface area (Å²) in [5.41, 5.74) is 3.76. The molecule has 1 amide bonds. The molecule has 1 unspecified atom stereocenters. The van der Waals surface area contributed by atoms with Crippen molar-refractivity contribution in [3.05, 3.63) is 41.7 Å². The number of nitrogens with one attached hydrogen (secondary N) is 4. The lowest BCUT2D eigenvalue weighted by atomic mass is 10.2. The first-order valence-corrected chi connectivity index (χ1v) is 7.59. The van der Waals surface area contributed by atoms with Crippen LogP contribution in [0.4, 0.5) is 5.95 Å². The van der Waals surface area contributed by atoms with Crippen molar-refractivity contribution < 1.29 is 4.79 Å². The number of rotatable bonds is 6. The maximum atomic E-state index is 12.0. The number of H-pyrrole nitrogens is 2. The van der Waals surface area contributed by atoms with Crippen LogP contribution in [0.3, 0.4) is 0 Å². The number of aromatic nitrogens is 4. The Morgan fingerprint density at radius 3 is 2.91 bits per heavy atom. The summed E-state index contributed by atoms with van der Waals surface area (Å²) in [6.07, 6.45) is 0.766. The van der Waals surface area contributed by atoms with E-state index in [-0.39, 0.29) is 18.5 Å². The number of benzene rings is 1. The molecule has 0 bridgehead atoms. The molecule has 0 aliphatic heterocycles. The highest BCUT2D eigenvalue weighted by molar-refractivity contribution is 5.92. The third-order valence-corrected chi connectivity index (χ3v) is 3.53. The molecule has 1 aromatic carbocycles. The van der Waals surface area contributed by atoms with Crippen molar-refractivity contribution in [2.75, 3.05) is 11.9 Å². The minimum absolute atomic E-state index is 0.130. The van der Waals surface area contributed by atoms with Gasteiger partial charge in [0.2, 0.25) is 11.9 Å². The van der Waals surface area contributed by atoms with E-state index in [0.717, 1.165) is 28.8 Å². The molecule has 0 radical (unpaired) electrons. The number of hydrogen-bond acceptors (Lipinski definition) is 4. The van der Waals surface area contributed by atoms with Gasteiger partial charge in [0.1, 0.15) is 0 Å². The van der Waals surface area contributed by atoms with Crippen LogP contribution in [0.2, 0.25) is 0 Å². The van der Waals surface area contributed by atoms with Crippen molar-refractivity contribution in [2.24, 2.45) is 0 Å². The van der Waals surface area contributed by atoms with Crippen molar-refractivity contribution in [2.45, 2.75) is 26.3 Å². The smallest absolute Gasteiger partial charge is 0.240 e. The van der Waals surface area contributed by atoms with Gasteiger partial charge in [0.15, 0.2) is 0 Å². The molecule has 1 atom stereocenters. The van der Waals surface area contributed by atoms with Crippen LogP contribution in [0.15, 0.2) is 30.3 Å². The maximum Gasteiger partial charge on any atom is 0.240 e. The summed E-state index contributed by atoms with van der Waals surface area (Å²) in [5, 5.41) is 13.1. The van der Waals surface area contributed by atoms with E-state index in [1.54, 1.807) is 0 Å². The van der Waals surface area contributed by atoms with Crippen LogP contribution >= 0.6 is 0 Å². The predicted octanol–water partition coefficient (Wildman–Crippen LogP) is 1.75. The van der Waals surface area contributed by atoms with Crippen LogP contribution in [-0.4, -0.2) is 38.7 Å². The molecule has 7 heteroatoms. The minimum atomic E-state index is -0.130. The average Bonchev–Trinajstić information content (AvgIpc) is 3.10. The lowest BCUT2D eigenvalue weighted by molar-refractivity contribution is -0.115. The number of hydrogen-bond donors (Lipinski definition) is 4. The van der Waals surface area contributed by atoms with E-state index in [0.29, 0.717) is 5.95 Å². The molecule has 0 aliphatic carbocycles. The van der Waals surface area contributed by atoms with Gasteiger partial charge in [0, 0.05) is 18.2 Å². The summed E-state index contributed by atoms with van der Waals surface area (Å²) < 4.78 is 0. The van der Waals surface area contributed by atoms with Crippen LogP contribution in [-0.2, 0) is 11.2 Å². The number of carbonyl (C=O) groups excluding carboxylic acids is 1. The number of para-hydroxylation sites is 2. The summed E-state index contributed by atoms with van der Waals surface area (Å²) in [6, 6.07) is 9.81. The van der Waals surface area contributed by atoms with Crippen molar-refractivity contribution >= 4 is 22.9 Å². The summed E-state index contributed by atoms with van der Waals surface area (Å²) >= 11 is 0. The highest BCUT2D eigenvalue weighted by atomic mass is 16.2. The average molecular weight is 312 g/mol. The molecule has 7 nitrogen and oxygen atoms in total. The van der Waals surface area contributed by atoms with Crippen molar-refractivity contribution in [3.8, 4) is 0 Å². The van der Waals surface area contributed by atoms with Gasteiger partial charge in [0.25, 0.3) is 0 Å². The first-order chi connectivity index (χ1) is 11.1. The lowest BCUT2D eigenvalue weighted by Gasteiger charge is -2.11. The van der Waals surface area contributed by atoms with Gasteiger partial charge in [-0.05, 0) is 32.0 Å². The predicted molar refractivity (Wildman–Crippen MR) is 89.2 cm³/mol. The number of anilines is 1. The Hall–Kier alpha value is -2.67. The highest BCUT2D eigenvalue weighted by Crippen LogP contribution is 2.12. The molecule has 3 rings (SSSR count). The van der Waals surface area contributed by atoms with Crippen LogP contribution in [0, 0.1) is 6.92 Å². The van der Waals surface area contributed by atoms with E-state index in [4.69, 9.17) is 0 Å². The van der Waals surface area contributed by atoms with Crippen molar-refractivity contribution in [3.63, 3.8) is 0 Å². The Balaban J connectivity index is 1.49. The van der Waals surface area contributed by atoms with Crippen LogP contribution in [0.1, 0.15) is 18.3 Å². The molecule has 2 heterocycles. The SMILES string of the molecule is Cc1cc(CC(C)NCC(=O)Nc2nc3ccccc3[nH]2)n[nH]1. The summed E-state index contributed by atoms with van der Waals surface area (Å²) in [6.45, 7) is 4.22. The van der Waals surface area contributed by atoms with Crippen LogP contribution < -0.4 is 10.6 Å². The fraction of sp³-hybridized carbons (Fsp3) is 0.312. The quantitative estimate of drug-likeness (QED) is 0.557. The van der Waals surface area contributed by atoms with E-state index in [1.807, 2.05) is 44.2 Å². The van der Waals surface area contributed by atoms with Crippen LogP contribution in [0.25, 0.3) is 11.0 Å². The van der Waals surface area contributed by atoms with Crippen LogP contribution in [0.5, 0.6) is 0 Å². The second kappa shape index (κ2) is 6.62. The molecule has 2 aromatic heterocycles. The van der Waals surface area contributed by atoms with E-state index >= 15 is 0 Å². The third kappa shape index (κ3) is 3.95. The second-order valence-corrected chi connectivity index (χ2v) is 5.68. The second-order valence-electron chi connectivity index (χ2n) is 5.68. The van der Waals surface area contributed by atoms with Crippen molar-refractivity contribution in [1.82, 2.24) is 25.5 Å². The molecule has 0 fully saturated rings. The number of fused-ring (bicyclic) bond motifs is 1. The van der Waals surface area contributed by atoms with Gasteiger partial charge in [-0.1, -0.05) is 12.1 Å². The van der Waals surface area contributed by atoms with Gasteiger partial charge in [-0.2, -0.15) is 5.10 Å². The summed E-state index contributed by atoms with van der Waals surface area (Å²) in [4.78, 5) is 19.4. The lowest BCUT2D eigenvalue weighted by Crippen LogP contribution is -2.35. The van der Waals surface area contributed by atoms with E-state index in [1.165, 1.54) is 0 Å². The molecule has 120 valence electrons. The zero-order valence-corrected chi connectivity index (χ0v) is 13.2. The molecule has 0 saturated carbocycles. The molecular formula is C16H20N6O. The van der Waals surface area contributed by atoms with E-state index in [2.05, 4.69) is 30.8 Å². The maximum absolute atomic E-state index is 12.0. The first-order valence-electron chi connectivity index (χ1n) is 7.59. The van der Waals surface area contributed by atoms with Gasteiger partial charge >= 0.3 is 0 Å². The molecule has 0 saturated heterocycles. The third-order valence-electron chi connectivity index (χ3n) is 3.53. The fourth-order valence-electron chi connectivity index (χ4n) is 2.42.